The number of nitrogens with two attached hydrogens (primary N) is 1. The molecule has 0 atom stereocenters. The van der Waals surface area contributed by atoms with Gasteiger partial charge in [0.25, 0.3) is 0 Å². The van der Waals surface area contributed by atoms with Crippen LogP contribution in [0.5, 0.6) is 0 Å². The topological polar surface area (TPSA) is 90.4 Å². The highest BCUT2D eigenvalue weighted by atomic mass is 16.4. The molecule has 0 bridgehead atoms. The molecule has 1 heterocycles. The van der Waals surface area contributed by atoms with Crippen LogP contribution in [-0.4, -0.2) is 35.6 Å². The van der Waals surface area contributed by atoms with Crippen LogP contribution >= 0.6 is 0 Å². The van der Waals surface area contributed by atoms with Crippen LogP contribution in [0, 0.1) is 11.5 Å². The predicted octanol–water partition coefficient (Wildman–Crippen LogP) is -0.407. The minimum Gasteiger partial charge on any atom is -0.480 e. The lowest BCUT2D eigenvalue weighted by Crippen LogP contribution is -2.10. The SMILES string of the molecule is N#CN1CCCC1.NCC(=O)O. The highest BCUT2D eigenvalue weighted by molar-refractivity contribution is 5.68. The van der Waals surface area contributed by atoms with Crippen molar-refractivity contribution in [2.75, 3.05) is 19.6 Å². The summed E-state index contributed by atoms with van der Waals surface area (Å²) in [4.78, 5) is 11.0. The Hall–Kier alpha value is -1.28. The lowest BCUT2D eigenvalue weighted by Gasteiger charge is -2.00. The predicted molar refractivity (Wildman–Crippen MR) is 43.1 cm³/mol. The third kappa shape index (κ3) is 5.50. The second-order valence-electron chi connectivity index (χ2n) is 2.39. The Morgan fingerprint density at radius 3 is 2.17 bits per heavy atom. The van der Waals surface area contributed by atoms with Gasteiger partial charge in [-0.25, -0.2) is 0 Å². The molecule has 0 aromatic rings. The molecular weight excluding hydrogens is 158 g/mol. The maximum absolute atomic E-state index is 9.24. The van der Waals surface area contributed by atoms with Crippen molar-refractivity contribution in [1.82, 2.24) is 4.90 Å². The van der Waals surface area contributed by atoms with Gasteiger partial charge in [-0.3, -0.25) is 4.79 Å². The molecule has 0 saturated carbocycles. The third-order valence-corrected chi connectivity index (χ3v) is 1.42. The summed E-state index contributed by atoms with van der Waals surface area (Å²) in [5.74, 6) is -0.968. The van der Waals surface area contributed by atoms with E-state index in [2.05, 4.69) is 11.9 Å². The van der Waals surface area contributed by atoms with Crippen molar-refractivity contribution in [3.05, 3.63) is 0 Å². The molecular formula is C7H13N3O2. The van der Waals surface area contributed by atoms with Crippen molar-refractivity contribution >= 4 is 5.97 Å². The number of nitrogens with zero attached hydrogens (tertiary/aromatic N) is 2. The summed E-state index contributed by atoms with van der Waals surface area (Å²) in [5, 5.41) is 15.8. The van der Waals surface area contributed by atoms with E-state index >= 15 is 0 Å². The second-order valence-corrected chi connectivity index (χ2v) is 2.39. The lowest BCUT2D eigenvalue weighted by molar-refractivity contribution is -0.135. The van der Waals surface area contributed by atoms with E-state index in [4.69, 9.17) is 10.4 Å². The van der Waals surface area contributed by atoms with Gasteiger partial charge < -0.3 is 15.7 Å². The first-order valence-corrected chi connectivity index (χ1v) is 3.77. The van der Waals surface area contributed by atoms with Gasteiger partial charge in [0, 0.05) is 13.1 Å². The maximum atomic E-state index is 9.24. The average Bonchev–Trinajstić information content (AvgIpc) is 2.57. The maximum Gasteiger partial charge on any atom is 0.317 e. The van der Waals surface area contributed by atoms with Crippen molar-refractivity contribution in [1.29, 1.82) is 5.26 Å². The average molecular weight is 171 g/mol. The van der Waals surface area contributed by atoms with Crippen LogP contribution in [0.2, 0.25) is 0 Å². The molecule has 68 valence electrons. The smallest absolute Gasteiger partial charge is 0.317 e. The first-order chi connectivity index (χ1) is 5.70. The van der Waals surface area contributed by atoms with Crippen LogP contribution < -0.4 is 5.73 Å². The molecule has 5 heteroatoms. The third-order valence-electron chi connectivity index (χ3n) is 1.42. The molecule has 0 aromatic carbocycles. The summed E-state index contributed by atoms with van der Waals surface area (Å²) in [5.41, 5.74) is 4.57. The zero-order valence-electron chi connectivity index (χ0n) is 6.86. The first-order valence-electron chi connectivity index (χ1n) is 3.77. The van der Waals surface area contributed by atoms with Crippen molar-refractivity contribution in [2.45, 2.75) is 12.8 Å². The summed E-state index contributed by atoms with van der Waals surface area (Å²) in [6.45, 7) is 1.69. The summed E-state index contributed by atoms with van der Waals surface area (Å²) >= 11 is 0. The van der Waals surface area contributed by atoms with E-state index in [0.29, 0.717) is 0 Å². The van der Waals surface area contributed by atoms with E-state index in [1.54, 1.807) is 4.90 Å². The van der Waals surface area contributed by atoms with Gasteiger partial charge in [-0.1, -0.05) is 0 Å². The Labute approximate surface area is 71.4 Å². The molecule has 0 aromatic heterocycles. The molecule has 5 nitrogen and oxygen atoms in total. The Kier molecular flexibility index (Phi) is 5.75. The molecule has 1 aliphatic heterocycles. The van der Waals surface area contributed by atoms with E-state index in [9.17, 15) is 4.79 Å². The zero-order valence-corrected chi connectivity index (χ0v) is 6.86. The van der Waals surface area contributed by atoms with Crippen LogP contribution in [0.25, 0.3) is 0 Å². The number of aliphatic carboxylic acids is 1. The minimum absolute atomic E-state index is 0.278. The van der Waals surface area contributed by atoms with Gasteiger partial charge in [-0.05, 0) is 12.8 Å². The molecule has 1 saturated heterocycles. The van der Waals surface area contributed by atoms with Crippen LogP contribution in [0.3, 0.4) is 0 Å². The van der Waals surface area contributed by atoms with Crippen molar-refractivity contribution in [3.8, 4) is 6.19 Å². The van der Waals surface area contributed by atoms with Crippen molar-refractivity contribution < 1.29 is 9.90 Å². The van der Waals surface area contributed by atoms with Gasteiger partial charge in [0.1, 0.15) is 0 Å². The standard InChI is InChI=1S/C5H8N2.C2H5NO2/c6-5-7-3-1-2-4-7;3-1-2(4)5/h1-4H2;1,3H2,(H,4,5). The van der Waals surface area contributed by atoms with Crippen LogP contribution in [0.4, 0.5) is 0 Å². The molecule has 0 unspecified atom stereocenters. The van der Waals surface area contributed by atoms with E-state index in [1.807, 2.05) is 0 Å². The molecule has 0 aliphatic carbocycles. The monoisotopic (exact) mass is 171 g/mol. The Morgan fingerprint density at radius 1 is 1.58 bits per heavy atom. The van der Waals surface area contributed by atoms with Crippen LogP contribution in [0.15, 0.2) is 0 Å². The number of nitriles is 1. The molecule has 0 spiro atoms. The molecule has 1 fully saturated rings. The Bertz CT molecular complexity index is 170. The van der Waals surface area contributed by atoms with Crippen molar-refractivity contribution in [2.24, 2.45) is 5.73 Å². The molecule has 0 radical (unpaired) electrons. The molecule has 0 amide bonds. The number of hydrogen-bond donors (Lipinski definition) is 2. The largest absolute Gasteiger partial charge is 0.480 e. The Morgan fingerprint density at radius 2 is 2.00 bits per heavy atom. The summed E-state index contributed by atoms with van der Waals surface area (Å²) in [7, 11) is 0. The fourth-order valence-electron chi connectivity index (χ4n) is 0.817. The normalized spacial score (nSPS) is 14.5. The molecule has 1 rings (SSSR count). The fraction of sp³-hybridized carbons (Fsp3) is 0.714. The van der Waals surface area contributed by atoms with E-state index in [1.165, 1.54) is 12.8 Å². The fourth-order valence-corrected chi connectivity index (χ4v) is 0.817. The number of carboxylic acids is 1. The summed E-state index contributed by atoms with van der Waals surface area (Å²) in [6, 6.07) is 0. The van der Waals surface area contributed by atoms with Gasteiger partial charge in [-0.2, -0.15) is 5.26 Å². The van der Waals surface area contributed by atoms with Crippen molar-refractivity contribution in [3.63, 3.8) is 0 Å². The van der Waals surface area contributed by atoms with E-state index < -0.39 is 5.97 Å². The zero-order chi connectivity index (χ0) is 9.40. The highest BCUT2D eigenvalue weighted by Gasteiger charge is 2.06. The van der Waals surface area contributed by atoms with Gasteiger partial charge in [0.2, 0.25) is 0 Å². The minimum atomic E-state index is -0.968. The number of carboxylic acid groups (broad SMARTS) is 1. The van der Waals surface area contributed by atoms with Gasteiger partial charge in [0.05, 0.1) is 6.54 Å². The Balaban J connectivity index is 0.000000217. The summed E-state index contributed by atoms with van der Waals surface area (Å²) < 4.78 is 0. The van der Waals surface area contributed by atoms with E-state index in [-0.39, 0.29) is 6.54 Å². The van der Waals surface area contributed by atoms with Crippen LogP contribution in [-0.2, 0) is 4.79 Å². The summed E-state index contributed by atoms with van der Waals surface area (Å²) in [6.07, 6.45) is 4.50. The second kappa shape index (κ2) is 6.43. The first kappa shape index (κ1) is 10.7. The van der Waals surface area contributed by atoms with Gasteiger partial charge in [0.15, 0.2) is 6.19 Å². The number of hydrogen-bond acceptors (Lipinski definition) is 4. The van der Waals surface area contributed by atoms with E-state index in [0.717, 1.165) is 13.1 Å². The lowest BCUT2D eigenvalue weighted by atomic mass is 10.4. The van der Waals surface area contributed by atoms with Gasteiger partial charge >= 0.3 is 5.97 Å². The molecule has 1 aliphatic rings. The highest BCUT2D eigenvalue weighted by Crippen LogP contribution is 2.03. The number of likely N-dealkylation sites (tertiary alicyclic amines) is 1. The number of rotatable bonds is 1. The number of carbonyl (C=O) groups is 1. The van der Waals surface area contributed by atoms with Gasteiger partial charge in [-0.15, -0.1) is 0 Å². The van der Waals surface area contributed by atoms with Crippen LogP contribution in [0.1, 0.15) is 12.8 Å². The molecule has 12 heavy (non-hydrogen) atoms. The quantitative estimate of drug-likeness (QED) is 0.523. The molecule has 3 N–H and O–H groups in total.